The van der Waals surface area contributed by atoms with Crippen molar-refractivity contribution in [2.75, 3.05) is 24.4 Å². The molecule has 6 heteroatoms. The average molecular weight is 376 g/mol. The summed E-state index contributed by atoms with van der Waals surface area (Å²) in [4.78, 5) is 24.7. The summed E-state index contributed by atoms with van der Waals surface area (Å²) in [6, 6.07) is 13.1. The van der Waals surface area contributed by atoms with E-state index in [0.717, 1.165) is 21.9 Å². The minimum absolute atomic E-state index is 0.0142. The van der Waals surface area contributed by atoms with Crippen LogP contribution in [0.1, 0.15) is 22.8 Å². The Morgan fingerprint density at radius 3 is 2.64 bits per heavy atom. The van der Waals surface area contributed by atoms with Gasteiger partial charge in [0.1, 0.15) is 5.75 Å². The molecule has 0 heterocycles. The number of rotatable bonds is 8. The summed E-state index contributed by atoms with van der Waals surface area (Å²) in [5.74, 6) is 1.62. The standard InChI is InChI=1S/C19H21NO3S2/c1-13(21)14-7-8-18(23-2)15(9-14)11-25-12-19(22)20-16-5-4-6-17(10-16)24-3/h4-10H,11-12H2,1-3H3,(H,20,22). The second-order valence-corrected chi connectivity index (χ2v) is 7.22. The van der Waals surface area contributed by atoms with Gasteiger partial charge in [0.2, 0.25) is 5.91 Å². The SMILES string of the molecule is COc1ccc(C(C)=O)cc1CSCC(=O)Nc1cccc(SC)c1. The summed E-state index contributed by atoms with van der Waals surface area (Å²) >= 11 is 3.12. The lowest BCUT2D eigenvalue weighted by Gasteiger charge is -2.10. The van der Waals surface area contributed by atoms with Gasteiger partial charge in [-0.1, -0.05) is 6.07 Å². The van der Waals surface area contributed by atoms with E-state index >= 15 is 0 Å². The predicted octanol–water partition coefficient (Wildman–Crippen LogP) is 4.49. The fourth-order valence-electron chi connectivity index (χ4n) is 2.26. The van der Waals surface area contributed by atoms with Crippen LogP contribution in [0, 0.1) is 0 Å². The molecule has 0 fully saturated rings. The third kappa shape index (κ3) is 5.83. The summed E-state index contributed by atoms with van der Waals surface area (Å²) < 4.78 is 5.33. The minimum Gasteiger partial charge on any atom is -0.496 e. The normalized spacial score (nSPS) is 10.4. The van der Waals surface area contributed by atoms with Crippen LogP contribution in [0.25, 0.3) is 0 Å². The Morgan fingerprint density at radius 1 is 1.16 bits per heavy atom. The van der Waals surface area contributed by atoms with Crippen molar-refractivity contribution in [3.63, 3.8) is 0 Å². The maximum atomic E-state index is 12.1. The molecule has 1 amide bonds. The van der Waals surface area contributed by atoms with E-state index < -0.39 is 0 Å². The monoisotopic (exact) mass is 375 g/mol. The van der Waals surface area contributed by atoms with Crippen LogP contribution in [-0.2, 0) is 10.5 Å². The molecule has 1 N–H and O–H groups in total. The molecule has 0 aliphatic carbocycles. The van der Waals surface area contributed by atoms with Crippen LogP contribution in [-0.4, -0.2) is 30.8 Å². The molecule has 0 saturated carbocycles. The van der Waals surface area contributed by atoms with Gasteiger partial charge in [0.15, 0.2) is 5.78 Å². The molecule has 0 unspecified atom stereocenters. The first-order chi connectivity index (χ1) is 12.0. The molecule has 2 aromatic rings. The van der Waals surface area contributed by atoms with Gasteiger partial charge in [0, 0.05) is 27.5 Å². The van der Waals surface area contributed by atoms with E-state index in [1.807, 2.05) is 36.6 Å². The lowest BCUT2D eigenvalue weighted by atomic mass is 10.1. The number of carbonyl (C=O) groups excluding carboxylic acids is 2. The number of carbonyl (C=O) groups is 2. The van der Waals surface area contributed by atoms with Gasteiger partial charge in [-0.3, -0.25) is 9.59 Å². The van der Waals surface area contributed by atoms with E-state index in [9.17, 15) is 9.59 Å². The summed E-state index contributed by atoms with van der Waals surface area (Å²) in [7, 11) is 1.60. The van der Waals surface area contributed by atoms with Crippen LogP contribution in [0.2, 0.25) is 0 Å². The third-order valence-corrected chi connectivity index (χ3v) is 5.24. The number of amides is 1. The largest absolute Gasteiger partial charge is 0.496 e. The van der Waals surface area contributed by atoms with Crippen molar-refractivity contribution in [2.45, 2.75) is 17.6 Å². The molecule has 4 nitrogen and oxygen atoms in total. The fraction of sp³-hybridized carbons (Fsp3) is 0.263. The number of methoxy groups -OCH3 is 1. The van der Waals surface area contributed by atoms with Gasteiger partial charge in [0.05, 0.1) is 12.9 Å². The topological polar surface area (TPSA) is 55.4 Å². The zero-order chi connectivity index (χ0) is 18.2. The predicted molar refractivity (Wildman–Crippen MR) is 106 cm³/mol. The van der Waals surface area contributed by atoms with Crippen molar-refractivity contribution in [1.82, 2.24) is 0 Å². The molecule has 0 spiro atoms. The minimum atomic E-state index is -0.0510. The second kappa shape index (κ2) is 9.53. The highest BCUT2D eigenvalue weighted by molar-refractivity contribution is 7.99. The first kappa shape index (κ1) is 19.4. The van der Waals surface area contributed by atoms with Gasteiger partial charge in [-0.15, -0.1) is 23.5 Å². The van der Waals surface area contributed by atoms with E-state index in [-0.39, 0.29) is 11.7 Å². The number of anilines is 1. The first-order valence-corrected chi connectivity index (χ1v) is 10.1. The van der Waals surface area contributed by atoms with Crippen molar-refractivity contribution in [3.8, 4) is 5.75 Å². The Morgan fingerprint density at radius 2 is 1.96 bits per heavy atom. The zero-order valence-corrected chi connectivity index (χ0v) is 16.1. The van der Waals surface area contributed by atoms with Crippen molar-refractivity contribution >= 4 is 40.9 Å². The molecule has 0 aliphatic heterocycles. The second-order valence-electron chi connectivity index (χ2n) is 5.36. The maximum Gasteiger partial charge on any atom is 0.234 e. The Balaban J connectivity index is 1.92. The van der Waals surface area contributed by atoms with Crippen LogP contribution in [0.3, 0.4) is 0 Å². The molecule has 25 heavy (non-hydrogen) atoms. The number of nitrogens with one attached hydrogen (secondary N) is 1. The highest BCUT2D eigenvalue weighted by atomic mass is 32.2. The molecule has 0 bridgehead atoms. The van der Waals surface area contributed by atoms with Gasteiger partial charge in [-0.25, -0.2) is 0 Å². The molecule has 0 saturated heterocycles. The quantitative estimate of drug-likeness (QED) is 0.544. The molecule has 2 rings (SSSR count). The number of benzene rings is 2. The first-order valence-electron chi connectivity index (χ1n) is 7.73. The lowest BCUT2D eigenvalue weighted by Crippen LogP contribution is -2.14. The van der Waals surface area contributed by atoms with Crippen LogP contribution in [0.5, 0.6) is 5.75 Å². The number of ketones is 1. The van der Waals surface area contributed by atoms with E-state index in [1.165, 1.54) is 18.7 Å². The van der Waals surface area contributed by atoms with Crippen LogP contribution in [0.15, 0.2) is 47.4 Å². The number of ether oxygens (including phenoxy) is 1. The number of hydrogen-bond donors (Lipinski definition) is 1. The van der Waals surface area contributed by atoms with E-state index in [1.54, 1.807) is 31.0 Å². The number of thioether (sulfide) groups is 2. The maximum absolute atomic E-state index is 12.1. The number of hydrogen-bond acceptors (Lipinski definition) is 5. The smallest absolute Gasteiger partial charge is 0.234 e. The highest BCUT2D eigenvalue weighted by Gasteiger charge is 2.09. The van der Waals surface area contributed by atoms with E-state index in [4.69, 9.17) is 4.74 Å². The summed E-state index contributed by atoms with van der Waals surface area (Å²) in [6.45, 7) is 1.54. The Labute approximate surface area is 156 Å². The van der Waals surface area contributed by atoms with Gasteiger partial charge >= 0.3 is 0 Å². The zero-order valence-electron chi connectivity index (χ0n) is 14.5. The van der Waals surface area contributed by atoms with Crippen molar-refractivity contribution in [2.24, 2.45) is 0 Å². The van der Waals surface area contributed by atoms with E-state index in [0.29, 0.717) is 17.1 Å². The fourth-order valence-corrected chi connectivity index (χ4v) is 3.53. The molecule has 0 aromatic heterocycles. The van der Waals surface area contributed by atoms with Crippen LogP contribution >= 0.6 is 23.5 Å². The van der Waals surface area contributed by atoms with Crippen molar-refractivity contribution in [3.05, 3.63) is 53.6 Å². The highest BCUT2D eigenvalue weighted by Crippen LogP contribution is 2.25. The average Bonchev–Trinajstić information content (AvgIpc) is 2.61. The van der Waals surface area contributed by atoms with Gasteiger partial charge < -0.3 is 10.1 Å². The molecular formula is C19H21NO3S2. The van der Waals surface area contributed by atoms with Gasteiger partial charge in [0.25, 0.3) is 0 Å². The number of Topliss-reactive ketones (excluding diaryl/α,β-unsaturated/α-hetero) is 1. The molecule has 0 radical (unpaired) electrons. The Bertz CT molecular complexity index is 762. The summed E-state index contributed by atoms with van der Waals surface area (Å²) in [5.41, 5.74) is 2.36. The van der Waals surface area contributed by atoms with Crippen molar-refractivity contribution in [1.29, 1.82) is 0 Å². The molecule has 0 atom stereocenters. The third-order valence-electron chi connectivity index (χ3n) is 3.53. The Hall–Kier alpha value is -1.92. The van der Waals surface area contributed by atoms with Crippen LogP contribution < -0.4 is 10.1 Å². The van der Waals surface area contributed by atoms with Gasteiger partial charge in [-0.2, -0.15) is 0 Å². The van der Waals surface area contributed by atoms with E-state index in [2.05, 4.69) is 5.32 Å². The van der Waals surface area contributed by atoms with Gasteiger partial charge in [-0.05, 0) is 49.6 Å². The Kier molecular flexibility index (Phi) is 7.40. The molecular weight excluding hydrogens is 354 g/mol. The lowest BCUT2D eigenvalue weighted by molar-refractivity contribution is -0.113. The molecule has 0 aliphatic rings. The van der Waals surface area contributed by atoms with Crippen LogP contribution in [0.4, 0.5) is 5.69 Å². The molecule has 2 aromatic carbocycles. The summed E-state index contributed by atoms with van der Waals surface area (Å²) in [5, 5.41) is 2.90. The van der Waals surface area contributed by atoms with Crippen molar-refractivity contribution < 1.29 is 14.3 Å². The molecule has 132 valence electrons. The summed E-state index contributed by atoms with van der Waals surface area (Å²) in [6.07, 6.45) is 2.00.